The largest absolute Gasteiger partial charge is 0.314 e. The molecule has 0 spiro atoms. The summed E-state index contributed by atoms with van der Waals surface area (Å²) >= 11 is 0. The number of carbonyl (C=O) groups excluding carboxylic acids is 1. The Hall–Kier alpha value is -1.38. The molecule has 1 aromatic heterocycles. The van der Waals surface area contributed by atoms with Gasteiger partial charge >= 0.3 is 0 Å². The lowest BCUT2D eigenvalue weighted by Crippen LogP contribution is -2.30. The molecule has 0 fully saturated rings. The highest BCUT2D eigenvalue weighted by atomic mass is 16.2. The number of aromatic nitrogens is 1. The van der Waals surface area contributed by atoms with E-state index in [0.717, 1.165) is 24.2 Å². The monoisotopic (exact) mass is 190 g/mol. The molecule has 0 radical (unpaired) electrons. The molecule has 0 aromatic carbocycles. The van der Waals surface area contributed by atoms with E-state index in [1.54, 1.807) is 11.1 Å². The molecule has 0 N–H and O–H groups in total. The SMILES string of the molecule is CC1CCc2ncccc2N(C)C1=O. The Bertz CT molecular complexity index is 362. The standard InChI is InChI=1S/C11H14N2O/c1-8-5-6-9-10(4-3-7-12-9)13(2)11(8)14/h3-4,7-8H,5-6H2,1-2H3. The maximum atomic E-state index is 11.8. The second-order valence-corrected chi connectivity index (χ2v) is 3.81. The average Bonchev–Trinajstić information content (AvgIpc) is 2.32. The van der Waals surface area contributed by atoms with Crippen LogP contribution in [-0.2, 0) is 11.2 Å². The zero-order valence-corrected chi connectivity index (χ0v) is 8.53. The van der Waals surface area contributed by atoms with Crippen molar-refractivity contribution in [2.75, 3.05) is 11.9 Å². The van der Waals surface area contributed by atoms with Crippen molar-refractivity contribution >= 4 is 11.6 Å². The molecule has 1 amide bonds. The molecular weight excluding hydrogens is 176 g/mol. The molecule has 1 aliphatic rings. The van der Waals surface area contributed by atoms with Gasteiger partial charge in [-0.15, -0.1) is 0 Å². The molecule has 1 aliphatic heterocycles. The lowest BCUT2D eigenvalue weighted by molar-refractivity contribution is -0.121. The zero-order valence-electron chi connectivity index (χ0n) is 8.53. The molecule has 14 heavy (non-hydrogen) atoms. The van der Waals surface area contributed by atoms with Crippen molar-refractivity contribution in [3.8, 4) is 0 Å². The number of aryl methyl sites for hydroxylation is 1. The fourth-order valence-corrected chi connectivity index (χ4v) is 1.85. The predicted molar refractivity (Wildman–Crippen MR) is 55.1 cm³/mol. The Balaban J connectivity index is 2.45. The van der Waals surface area contributed by atoms with Crippen LogP contribution in [0.5, 0.6) is 0 Å². The van der Waals surface area contributed by atoms with Gasteiger partial charge in [0, 0.05) is 19.2 Å². The van der Waals surface area contributed by atoms with Crippen LogP contribution in [0.4, 0.5) is 5.69 Å². The van der Waals surface area contributed by atoms with Crippen LogP contribution in [0.15, 0.2) is 18.3 Å². The van der Waals surface area contributed by atoms with E-state index < -0.39 is 0 Å². The van der Waals surface area contributed by atoms with E-state index in [1.807, 2.05) is 26.1 Å². The maximum Gasteiger partial charge on any atom is 0.229 e. The number of pyridine rings is 1. The normalized spacial score (nSPS) is 21.7. The molecule has 1 unspecified atom stereocenters. The number of nitrogens with zero attached hydrogens (tertiary/aromatic N) is 2. The van der Waals surface area contributed by atoms with Crippen molar-refractivity contribution in [1.29, 1.82) is 0 Å². The van der Waals surface area contributed by atoms with Gasteiger partial charge in [0.05, 0.1) is 11.4 Å². The lowest BCUT2D eigenvalue weighted by Gasteiger charge is -2.18. The highest BCUT2D eigenvalue weighted by Gasteiger charge is 2.24. The first-order chi connectivity index (χ1) is 6.70. The lowest BCUT2D eigenvalue weighted by atomic mass is 10.1. The van der Waals surface area contributed by atoms with Gasteiger partial charge in [-0.25, -0.2) is 0 Å². The van der Waals surface area contributed by atoms with Crippen LogP contribution in [-0.4, -0.2) is 17.9 Å². The van der Waals surface area contributed by atoms with Crippen molar-refractivity contribution in [2.45, 2.75) is 19.8 Å². The summed E-state index contributed by atoms with van der Waals surface area (Å²) in [6.45, 7) is 1.98. The number of hydrogen-bond acceptors (Lipinski definition) is 2. The number of amides is 1. The molecular formula is C11H14N2O. The summed E-state index contributed by atoms with van der Waals surface area (Å²) in [5, 5.41) is 0. The van der Waals surface area contributed by atoms with Gasteiger partial charge in [0.2, 0.25) is 5.91 Å². The van der Waals surface area contributed by atoms with Crippen molar-refractivity contribution in [1.82, 2.24) is 4.98 Å². The molecule has 0 aliphatic carbocycles. The topological polar surface area (TPSA) is 33.2 Å². The molecule has 2 rings (SSSR count). The Morgan fingerprint density at radius 2 is 2.36 bits per heavy atom. The molecule has 74 valence electrons. The summed E-state index contributed by atoms with van der Waals surface area (Å²) in [4.78, 5) is 17.8. The third kappa shape index (κ3) is 1.39. The summed E-state index contributed by atoms with van der Waals surface area (Å²) in [6, 6.07) is 3.83. The van der Waals surface area contributed by atoms with Crippen molar-refractivity contribution in [3.05, 3.63) is 24.0 Å². The van der Waals surface area contributed by atoms with E-state index in [1.165, 1.54) is 0 Å². The van der Waals surface area contributed by atoms with Crippen LogP contribution in [0, 0.1) is 5.92 Å². The average molecular weight is 190 g/mol. The Kier molecular flexibility index (Phi) is 2.23. The number of carbonyl (C=O) groups is 1. The van der Waals surface area contributed by atoms with Gasteiger partial charge in [-0.2, -0.15) is 0 Å². The van der Waals surface area contributed by atoms with E-state index in [4.69, 9.17) is 0 Å². The number of rotatable bonds is 0. The first kappa shape index (κ1) is 9.19. The molecule has 1 atom stereocenters. The van der Waals surface area contributed by atoms with Gasteiger partial charge in [-0.05, 0) is 25.0 Å². The van der Waals surface area contributed by atoms with E-state index in [0.29, 0.717) is 0 Å². The second-order valence-electron chi connectivity index (χ2n) is 3.81. The predicted octanol–water partition coefficient (Wildman–Crippen LogP) is 1.63. The van der Waals surface area contributed by atoms with Crippen LogP contribution in [0.3, 0.4) is 0 Å². The highest BCUT2D eigenvalue weighted by molar-refractivity contribution is 5.95. The summed E-state index contributed by atoms with van der Waals surface area (Å²) in [7, 11) is 1.82. The van der Waals surface area contributed by atoms with Crippen LogP contribution in [0.2, 0.25) is 0 Å². The fourth-order valence-electron chi connectivity index (χ4n) is 1.85. The van der Waals surface area contributed by atoms with Gasteiger partial charge in [0.15, 0.2) is 0 Å². The van der Waals surface area contributed by atoms with Gasteiger partial charge in [0.25, 0.3) is 0 Å². The van der Waals surface area contributed by atoms with Gasteiger partial charge in [-0.1, -0.05) is 6.92 Å². The minimum absolute atomic E-state index is 0.106. The third-order valence-electron chi connectivity index (χ3n) is 2.79. The summed E-state index contributed by atoms with van der Waals surface area (Å²) in [5.74, 6) is 0.297. The minimum atomic E-state index is 0.106. The van der Waals surface area contributed by atoms with E-state index >= 15 is 0 Å². The highest BCUT2D eigenvalue weighted by Crippen LogP contribution is 2.25. The van der Waals surface area contributed by atoms with Crippen molar-refractivity contribution in [2.24, 2.45) is 5.92 Å². The second kappa shape index (κ2) is 3.40. The van der Waals surface area contributed by atoms with Crippen molar-refractivity contribution < 1.29 is 4.79 Å². The summed E-state index contributed by atoms with van der Waals surface area (Å²) in [5.41, 5.74) is 1.99. The van der Waals surface area contributed by atoms with Gasteiger partial charge in [-0.3, -0.25) is 9.78 Å². The summed E-state index contributed by atoms with van der Waals surface area (Å²) < 4.78 is 0. The Morgan fingerprint density at radius 3 is 3.14 bits per heavy atom. The molecule has 3 heteroatoms. The van der Waals surface area contributed by atoms with E-state index in [2.05, 4.69) is 4.98 Å². The maximum absolute atomic E-state index is 11.8. The number of hydrogen-bond donors (Lipinski definition) is 0. The van der Waals surface area contributed by atoms with Crippen molar-refractivity contribution in [3.63, 3.8) is 0 Å². The first-order valence-electron chi connectivity index (χ1n) is 4.91. The first-order valence-corrected chi connectivity index (χ1v) is 4.91. The van der Waals surface area contributed by atoms with Crippen LogP contribution in [0.25, 0.3) is 0 Å². The Labute approximate surface area is 83.8 Å². The third-order valence-corrected chi connectivity index (χ3v) is 2.79. The molecule has 0 saturated carbocycles. The molecule has 0 saturated heterocycles. The summed E-state index contributed by atoms with van der Waals surface area (Å²) in [6.07, 6.45) is 3.58. The van der Waals surface area contributed by atoms with Crippen LogP contribution < -0.4 is 4.90 Å². The molecule has 0 bridgehead atoms. The molecule has 3 nitrogen and oxygen atoms in total. The van der Waals surface area contributed by atoms with Gasteiger partial charge in [0.1, 0.15) is 0 Å². The van der Waals surface area contributed by atoms with Crippen LogP contribution >= 0.6 is 0 Å². The van der Waals surface area contributed by atoms with E-state index in [9.17, 15) is 4.79 Å². The molecule has 1 aromatic rings. The number of fused-ring (bicyclic) bond motifs is 1. The Morgan fingerprint density at radius 1 is 1.57 bits per heavy atom. The zero-order chi connectivity index (χ0) is 10.1. The van der Waals surface area contributed by atoms with E-state index in [-0.39, 0.29) is 11.8 Å². The fraction of sp³-hybridized carbons (Fsp3) is 0.455. The van der Waals surface area contributed by atoms with Crippen LogP contribution in [0.1, 0.15) is 19.0 Å². The smallest absolute Gasteiger partial charge is 0.229 e. The minimum Gasteiger partial charge on any atom is -0.314 e. The quantitative estimate of drug-likeness (QED) is 0.623. The van der Waals surface area contributed by atoms with Gasteiger partial charge < -0.3 is 4.90 Å². The number of anilines is 1. The molecule has 2 heterocycles.